The monoisotopic (exact) mass is 208 g/mol. The van der Waals surface area contributed by atoms with Crippen LogP contribution in [0.4, 0.5) is 0 Å². The standard InChI is InChI=1S/C11H20N4/c1-11(2,3)15-9(6-8-4-5-8)13-14-10(15)7-12/h8H,4-7,12H2,1-3H3. The molecule has 2 rings (SSSR count). The maximum Gasteiger partial charge on any atom is 0.147 e. The summed E-state index contributed by atoms with van der Waals surface area (Å²) < 4.78 is 2.20. The van der Waals surface area contributed by atoms with Gasteiger partial charge in [-0.1, -0.05) is 0 Å². The van der Waals surface area contributed by atoms with Gasteiger partial charge in [0.15, 0.2) is 0 Å². The van der Waals surface area contributed by atoms with E-state index < -0.39 is 0 Å². The normalized spacial score (nSPS) is 17.1. The Morgan fingerprint density at radius 2 is 1.87 bits per heavy atom. The van der Waals surface area contributed by atoms with Gasteiger partial charge >= 0.3 is 0 Å². The third kappa shape index (κ3) is 2.20. The molecule has 1 heterocycles. The number of rotatable bonds is 3. The minimum atomic E-state index is 0.0302. The Morgan fingerprint density at radius 3 is 2.33 bits per heavy atom. The average Bonchev–Trinajstić information content (AvgIpc) is 2.81. The second-order valence-corrected chi connectivity index (χ2v) is 5.39. The number of hydrogen-bond acceptors (Lipinski definition) is 3. The van der Waals surface area contributed by atoms with Crippen molar-refractivity contribution in [2.75, 3.05) is 0 Å². The minimum absolute atomic E-state index is 0.0302. The van der Waals surface area contributed by atoms with Crippen molar-refractivity contribution in [2.24, 2.45) is 11.7 Å². The van der Waals surface area contributed by atoms with Crippen molar-refractivity contribution in [3.05, 3.63) is 11.6 Å². The topological polar surface area (TPSA) is 56.7 Å². The fourth-order valence-electron chi connectivity index (χ4n) is 1.97. The van der Waals surface area contributed by atoms with Crippen molar-refractivity contribution in [1.29, 1.82) is 0 Å². The van der Waals surface area contributed by atoms with Gasteiger partial charge in [0.2, 0.25) is 0 Å². The second kappa shape index (κ2) is 3.59. The van der Waals surface area contributed by atoms with E-state index in [-0.39, 0.29) is 5.54 Å². The lowest BCUT2D eigenvalue weighted by molar-refractivity contribution is 0.367. The van der Waals surface area contributed by atoms with Gasteiger partial charge < -0.3 is 10.3 Å². The van der Waals surface area contributed by atoms with Gasteiger partial charge in [0.05, 0.1) is 6.54 Å². The van der Waals surface area contributed by atoms with Crippen LogP contribution in [0.2, 0.25) is 0 Å². The van der Waals surface area contributed by atoms with E-state index >= 15 is 0 Å². The summed E-state index contributed by atoms with van der Waals surface area (Å²) in [4.78, 5) is 0. The molecule has 1 fully saturated rings. The van der Waals surface area contributed by atoms with Gasteiger partial charge in [-0.2, -0.15) is 0 Å². The Labute approximate surface area is 90.9 Å². The lowest BCUT2D eigenvalue weighted by Gasteiger charge is -2.24. The summed E-state index contributed by atoms with van der Waals surface area (Å²) in [7, 11) is 0. The summed E-state index contributed by atoms with van der Waals surface area (Å²) >= 11 is 0. The van der Waals surface area contributed by atoms with E-state index in [9.17, 15) is 0 Å². The molecule has 0 unspecified atom stereocenters. The van der Waals surface area contributed by atoms with Crippen LogP contribution in [-0.4, -0.2) is 14.8 Å². The van der Waals surface area contributed by atoms with Crippen LogP contribution in [0, 0.1) is 5.92 Å². The van der Waals surface area contributed by atoms with Crippen LogP contribution in [0.25, 0.3) is 0 Å². The van der Waals surface area contributed by atoms with Gasteiger partial charge in [0.25, 0.3) is 0 Å². The molecule has 15 heavy (non-hydrogen) atoms. The van der Waals surface area contributed by atoms with E-state index in [0.29, 0.717) is 6.54 Å². The third-order valence-electron chi connectivity index (χ3n) is 2.82. The van der Waals surface area contributed by atoms with E-state index in [1.165, 1.54) is 12.8 Å². The first-order valence-corrected chi connectivity index (χ1v) is 5.66. The molecule has 4 nitrogen and oxygen atoms in total. The van der Waals surface area contributed by atoms with Gasteiger partial charge in [0.1, 0.15) is 11.6 Å². The third-order valence-corrected chi connectivity index (χ3v) is 2.82. The lowest BCUT2D eigenvalue weighted by atomic mass is 10.1. The Morgan fingerprint density at radius 1 is 1.27 bits per heavy atom. The highest BCUT2D eigenvalue weighted by Crippen LogP contribution is 2.33. The summed E-state index contributed by atoms with van der Waals surface area (Å²) in [6, 6.07) is 0. The van der Waals surface area contributed by atoms with Crippen molar-refractivity contribution in [1.82, 2.24) is 14.8 Å². The fraction of sp³-hybridized carbons (Fsp3) is 0.818. The molecule has 84 valence electrons. The smallest absolute Gasteiger partial charge is 0.147 e. The molecule has 1 aromatic heterocycles. The largest absolute Gasteiger partial charge is 0.324 e. The molecular formula is C11H20N4. The van der Waals surface area contributed by atoms with E-state index in [1.807, 2.05) is 0 Å². The highest BCUT2D eigenvalue weighted by Gasteiger charge is 2.28. The molecule has 1 saturated carbocycles. The Hall–Kier alpha value is -0.900. The number of hydrogen-bond donors (Lipinski definition) is 1. The van der Waals surface area contributed by atoms with Crippen molar-refractivity contribution < 1.29 is 0 Å². The molecular weight excluding hydrogens is 188 g/mol. The summed E-state index contributed by atoms with van der Waals surface area (Å²) in [5.74, 6) is 2.84. The van der Waals surface area contributed by atoms with Crippen LogP contribution < -0.4 is 5.73 Å². The number of aromatic nitrogens is 3. The highest BCUT2D eigenvalue weighted by molar-refractivity contribution is 5.03. The molecule has 1 aliphatic carbocycles. The molecule has 0 saturated heterocycles. The van der Waals surface area contributed by atoms with Gasteiger partial charge in [-0.3, -0.25) is 0 Å². The maximum absolute atomic E-state index is 5.68. The van der Waals surface area contributed by atoms with Crippen LogP contribution in [0.3, 0.4) is 0 Å². The Kier molecular flexibility index (Phi) is 2.54. The van der Waals surface area contributed by atoms with E-state index in [0.717, 1.165) is 24.0 Å². The predicted octanol–water partition coefficient (Wildman–Crippen LogP) is 1.44. The highest BCUT2D eigenvalue weighted by atomic mass is 15.3. The molecule has 0 aromatic carbocycles. The lowest BCUT2D eigenvalue weighted by Crippen LogP contribution is -2.27. The average molecular weight is 208 g/mol. The summed E-state index contributed by atoms with van der Waals surface area (Å²) in [6.07, 6.45) is 3.74. The van der Waals surface area contributed by atoms with Crippen LogP contribution in [0.15, 0.2) is 0 Å². The van der Waals surface area contributed by atoms with Gasteiger partial charge in [-0.25, -0.2) is 0 Å². The molecule has 0 amide bonds. The van der Waals surface area contributed by atoms with E-state index in [1.54, 1.807) is 0 Å². The van der Waals surface area contributed by atoms with E-state index in [2.05, 4.69) is 35.5 Å². The molecule has 1 aliphatic rings. The Balaban J connectivity index is 2.31. The first kappa shape index (κ1) is 10.6. The van der Waals surface area contributed by atoms with Gasteiger partial charge in [-0.15, -0.1) is 10.2 Å². The van der Waals surface area contributed by atoms with Crippen LogP contribution in [0.1, 0.15) is 45.3 Å². The number of nitrogens with zero attached hydrogens (tertiary/aromatic N) is 3. The number of nitrogens with two attached hydrogens (primary N) is 1. The zero-order valence-corrected chi connectivity index (χ0v) is 9.82. The molecule has 1 aromatic rings. The first-order chi connectivity index (χ1) is 7.02. The first-order valence-electron chi connectivity index (χ1n) is 5.66. The van der Waals surface area contributed by atoms with Gasteiger partial charge in [0, 0.05) is 12.0 Å². The summed E-state index contributed by atoms with van der Waals surface area (Å²) in [6.45, 7) is 6.98. The van der Waals surface area contributed by atoms with Crippen LogP contribution in [0.5, 0.6) is 0 Å². The van der Waals surface area contributed by atoms with Crippen LogP contribution in [-0.2, 0) is 18.5 Å². The molecule has 4 heteroatoms. The van der Waals surface area contributed by atoms with Crippen molar-refractivity contribution in [2.45, 2.75) is 52.1 Å². The van der Waals surface area contributed by atoms with Crippen molar-refractivity contribution in [3.63, 3.8) is 0 Å². The second-order valence-electron chi connectivity index (χ2n) is 5.39. The van der Waals surface area contributed by atoms with Crippen LogP contribution >= 0.6 is 0 Å². The van der Waals surface area contributed by atoms with Crippen molar-refractivity contribution >= 4 is 0 Å². The van der Waals surface area contributed by atoms with Crippen molar-refractivity contribution in [3.8, 4) is 0 Å². The predicted molar refractivity (Wildman–Crippen MR) is 59.3 cm³/mol. The van der Waals surface area contributed by atoms with Gasteiger partial charge in [-0.05, 0) is 39.5 Å². The SMILES string of the molecule is CC(C)(C)n1c(CN)nnc1CC1CC1. The zero-order valence-electron chi connectivity index (χ0n) is 9.82. The minimum Gasteiger partial charge on any atom is -0.324 e. The molecule has 0 spiro atoms. The molecule has 2 N–H and O–H groups in total. The zero-order chi connectivity index (χ0) is 11.1. The molecule has 0 atom stereocenters. The summed E-state index contributed by atoms with van der Waals surface area (Å²) in [5, 5.41) is 8.44. The summed E-state index contributed by atoms with van der Waals surface area (Å²) in [5.41, 5.74) is 5.71. The quantitative estimate of drug-likeness (QED) is 0.817. The molecule has 0 aliphatic heterocycles. The Bertz CT molecular complexity index is 344. The molecule has 0 radical (unpaired) electrons. The van der Waals surface area contributed by atoms with E-state index in [4.69, 9.17) is 5.73 Å². The maximum atomic E-state index is 5.68. The molecule has 0 bridgehead atoms. The fourth-order valence-corrected chi connectivity index (χ4v) is 1.97.